The lowest BCUT2D eigenvalue weighted by molar-refractivity contribution is -0.138. The van der Waals surface area contributed by atoms with Crippen LogP contribution < -0.4 is 5.32 Å². The maximum absolute atomic E-state index is 12.4. The number of rotatable bonds is 6. The molecule has 1 aliphatic rings. The molecule has 2 atom stereocenters. The fourth-order valence-electron chi connectivity index (χ4n) is 3.27. The highest BCUT2D eigenvalue weighted by molar-refractivity contribution is 5.72. The van der Waals surface area contributed by atoms with Gasteiger partial charge in [0.2, 0.25) is 0 Å². The summed E-state index contributed by atoms with van der Waals surface area (Å²) in [6.45, 7) is 6.36. The number of nitrogens with one attached hydrogen (secondary N) is 1. The number of carbonyl (C=O) groups is 3. The van der Waals surface area contributed by atoms with Gasteiger partial charge in [0.15, 0.2) is 0 Å². The molecule has 0 radical (unpaired) electrons. The fraction of sp³-hybridized carbons (Fsp3) is 0.571. The molecule has 1 heterocycles. The van der Waals surface area contributed by atoms with Gasteiger partial charge in [-0.1, -0.05) is 30.3 Å². The summed E-state index contributed by atoms with van der Waals surface area (Å²) >= 11 is 0. The molecule has 2 rings (SSSR count). The molecule has 1 fully saturated rings. The lowest BCUT2D eigenvalue weighted by Crippen LogP contribution is -2.50. The minimum atomic E-state index is -1.02. The van der Waals surface area contributed by atoms with Crippen LogP contribution in [0.5, 0.6) is 0 Å². The van der Waals surface area contributed by atoms with Crippen molar-refractivity contribution in [2.24, 2.45) is 5.92 Å². The Morgan fingerprint density at radius 3 is 2.55 bits per heavy atom. The number of hydrogen-bond acceptors (Lipinski definition) is 5. The van der Waals surface area contributed by atoms with Crippen LogP contribution in [0, 0.1) is 5.92 Å². The Labute approximate surface area is 171 Å². The van der Waals surface area contributed by atoms with Crippen molar-refractivity contribution in [1.29, 1.82) is 0 Å². The van der Waals surface area contributed by atoms with Crippen LogP contribution in [0.2, 0.25) is 0 Å². The molecule has 1 aliphatic heterocycles. The first-order valence-corrected chi connectivity index (χ1v) is 9.81. The highest BCUT2D eigenvalue weighted by Crippen LogP contribution is 2.23. The third kappa shape index (κ3) is 8.01. The van der Waals surface area contributed by atoms with Crippen molar-refractivity contribution < 1.29 is 29.0 Å². The van der Waals surface area contributed by atoms with Gasteiger partial charge in [-0.2, -0.15) is 0 Å². The number of likely N-dealkylation sites (tertiary alicyclic amines) is 1. The van der Waals surface area contributed by atoms with E-state index < -0.39 is 29.8 Å². The standard InChI is InChI=1S/C21H30N2O6/c1-21(2,3)29-20(27)23-11-7-10-16(13-23)17(12-18(24)25)22-19(26)28-14-15-8-5-4-6-9-15/h4-6,8-9,16-17H,7,10-14H2,1-3H3,(H,22,26)(H,24,25)/t16-,17+/m0/s1. The molecular weight excluding hydrogens is 376 g/mol. The Bertz CT molecular complexity index is 701. The molecule has 8 heteroatoms. The third-order valence-corrected chi connectivity index (χ3v) is 4.59. The van der Waals surface area contributed by atoms with Crippen molar-refractivity contribution in [1.82, 2.24) is 10.2 Å². The van der Waals surface area contributed by atoms with Crippen molar-refractivity contribution in [3.05, 3.63) is 35.9 Å². The average molecular weight is 406 g/mol. The molecular formula is C21H30N2O6. The van der Waals surface area contributed by atoms with Crippen LogP contribution in [0.4, 0.5) is 9.59 Å². The number of hydrogen-bond donors (Lipinski definition) is 2. The predicted molar refractivity (Wildman–Crippen MR) is 106 cm³/mol. The molecule has 0 saturated carbocycles. The van der Waals surface area contributed by atoms with E-state index in [1.807, 2.05) is 30.3 Å². The molecule has 1 aromatic carbocycles. The first-order valence-electron chi connectivity index (χ1n) is 9.81. The lowest BCUT2D eigenvalue weighted by atomic mass is 9.89. The molecule has 160 valence electrons. The van der Waals surface area contributed by atoms with Gasteiger partial charge in [0, 0.05) is 19.1 Å². The SMILES string of the molecule is CC(C)(C)OC(=O)N1CCC[C@H]([C@@H](CC(=O)O)NC(=O)OCc2ccccc2)C1. The Kier molecular flexibility index (Phi) is 7.87. The van der Waals surface area contributed by atoms with Gasteiger partial charge in [0.05, 0.1) is 6.42 Å². The van der Waals surface area contributed by atoms with Gasteiger partial charge >= 0.3 is 18.2 Å². The molecule has 2 amide bonds. The minimum Gasteiger partial charge on any atom is -0.481 e. The second-order valence-electron chi connectivity index (χ2n) is 8.24. The number of ether oxygens (including phenoxy) is 2. The van der Waals surface area contributed by atoms with E-state index in [2.05, 4.69) is 5.32 Å². The Balaban J connectivity index is 1.96. The molecule has 0 unspecified atom stereocenters. The Morgan fingerprint density at radius 1 is 1.24 bits per heavy atom. The quantitative estimate of drug-likeness (QED) is 0.750. The van der Waals surface area contributed by atoms with Gasteiger partial charge in [-0.05, 0) is 45.1 Å². The highest BCUT2D eigenvalue weighted by Gasteiger charge is 2.33. The molecule has 8 nitrogen and oxygen atoms in total. The van der Waals surface area contributed by atoms with Crippen LogP contribution in [0.1, 0.15) is 45.6 Å². The topological polar surface area (TPSA) is 105 Å². The van der Waals surface area contributed by atoms with Gasteiger partial charge < -0.3 is 24.8 Å². The molecule has 1 saturated heterocycles. The van der Waals surface area contributed by atoms with Crippen molar-refractivity contribution in [3.8, 4) is 0 Å². The van der Waals surface area contributed by atoms with Crippen LogP contribution in [0.25, 0.3) is 0 Å². The first kappa shape index (κ1) is 22.5. The van der Waals surface area contributed by atoms with Crippen LogP contribution >= 0.6 is 0 Å². The van der Waals surface area contributed by atoms with Gasteiger partial charge in [-0.15, -0.1) is 0 Å². The summed E-state index contributed by atoms with van der Waals surface area (Å²) in [6.07, 6.45) is 0.0713. The number of benzene rings is 1. The number of piperidine rings is 1. The third-order valence-electron chi connectivity index (χ3n) is 4.59. The monoisotopic (exact) mass is 406 g/mol. The Morgan fingerprint density at radius 2 is 1.93 bits per heavy atom. The Hall–Kier alpha value is -2.77. The van der Waals surface area contributed by atoms with E-state index in [1.165, 1.54) is 0 Å². The maximum atomic E-state index is 12.4. The summed E-state index contributed by atoms with van der Waals surface area (Å²) in [5, 5.41) is 11.9. The van der Waals surface area contributed by atoms with Crippen LogP contribution in [0.15, 0.2) is 30.3 Å². The van der Waals surface area contributed by atoms with E-state index >= 15 is 0 Å². The minimum absolute atomic E-state index is 0.0984. The van der Waals surface area contributed by atoms with Crippen molar-refractivity contribution in [2.75, 3.05) is 13.1 Å². The number of carboxylic acid groups (broad SMARTS) is 1. The van der Waals surface area contributed by atoms with Crippen LogP contribution in [-0.4, -0.2) is 52.9 Å². The number of carbonyl (C=O) groups excluding carboxylic acids is 2. The van der Waals surface area contributed by atoms with Crippen molar-refractivity contribution >= 4 is 18.2 Å². The van der Waals surface area contributed by atoms with Gasteiger partial charge in [-0.25, -0.2) is 9.59 Å². The van der Waals surface area contributed by atoms with E-state index in [1.54, 1.807) is 25.7 Å². The lowest BCUT2D eigenvalue weighted by Gasteiger charge is -2.37. The largest absolute Gasteiger partial charge is 0.481 e. The molecule has 2 N–H and O–H groups in total. The normalized spacial score (nSPS) is 17.9. The van der Waals surface area contributed by atoms with E-state index in [-0.39, 0.29) is 18.9 Å². The van der Waals surface area contributed by atoms with Crippen molar-refractivity contribution in [3.63, 3.8) is 0 Å². The summed E-state index contributed by atoms with van der Waals surface area (Å²) in [7, 11) is 0. The molecule has 0 aromatic heterocycles. The highest BCUT2D eigenvalue weighted by atomic mass is 16.6. The molecule has 29 heavy (non-hydrogen) atoms. The summed E-state index contributed by atoms with van der Waals surface area (Å²) in [6, 6.07) is 8.59. The number of nitrogens with zero attached hydrogens (tertiary/aromatic N) is 1. The fourth-order valence-corrected chi connectivity index (χ4v) is 3.27. The second kappa shape index (κ2) is 10.1. The average Bonchev–Trinajstić information content (AvgIpc) is 2.65. The molecule has 1 aromatic rings. The summed E-state index contributed by atoms with van der Waals surface area (Å²) in [5.74, 6) is -1.22. The summed E-state index contributed by atoms with van der Waals surface area (Å²) in [4.78, 5) is 37.5. The smallest absolute Gasteiger partial charge is 0.410 e. The van der Waals surface area contributed by atoms with E-state index in [9.17, 15) is 19.5 Å². The number of alkyl carbamates (subject to hydrolysis) is 1. The van der Waals surface area contributed by atoms with Gasteiger partial charge in [-0.3, -0.25) is 4.79 Å². The first-order chi connectivity index (χ1) is 13.6. The molecule has 0 bridgehead atoms. The predicted octanol–water partition coefficient (Wildman–Crippen LogP) is 3.40. The van der Waals surface area contributed by atoms with E-state index in [4.69, 9.17) is 9.47 Å². The molecule has 0 spiro atoms. The zero-order valence-electron chi connectivity index (χ0n) is 17.2. The summed E-state index contributed by atoms with van der Waals surface area (Å²) in [5.41, 5.74) is 0.232. The second-order valence-corrected chi connectivity index (χ2v) is 8.24. The number of amides is 2. The zero-order chi connectivity index (χ0) is 21.4. The van der Waals surface area contributed by atoms with Gasteiger partial charge in [0.25, 0.3) is 0 Å². The maximum Gasteiger partial charge on any atom is 0.410 e. The van der Waals surface area contributed by atoms with E-state index in [0.717, 1.165) is 5.56 Å². The summed E-state index contributed by atoms with van der Waals surface area (Å²) < 4.78 is 10.6. The van der Waals surface area contributed by atoms with Gasteiger partial charge in [0.1, 0.15) is 12.2 Å². The van der Waals surface area contributed by atoms with Crippen molar-refractivity contribution in [2.45, 2.75) is 58.3 Å². The number of aliphatic carboxylic acids is 1. The molecule has 0 aliphatic carbocycles. The van der Waals surface area contributed by atoms with E-state index in [0.29, 0.717) is 25.9 Å². The number of carboxylic acids is 1. The zero-order valence-corrected chi connectivity index (χ0v) is 17.2. The van der Waals surface area contributed by atoms with Crippen LogP contribution in [-0.2, 0) is 20.9 Å². The van der Waals surface area contributed by atoms with Crippen LogP contribution in [0.3, 0.4) is 0 Å².